The van der Waals surface area contributed by atoms with Crippen molar-refractivity contribution in [2.45, 2.75) is 5.41 Å². The first kappa shape index (κ1) is 17.7. The van der Waals surface area contributed by atoms with E-state index in [9.17, 15) is 19.8 Å². The molecule has 0 bridgehead atoms. The van der Waals surface area contributed by atoms with E-state index in [1.54, 1.807) is 24.3 Å². The van der Waals surface area contributed by atoms with Gasteiger partial charge in [-0.25, -0.2) is 0 Å². The molecule has 1 spiro atoms. The van der Waals surface area contributed by atoms with Crippen molar-refractivity contribution in [3.05, 3.63) is 106 Å². The molecule has 0 unspecified atom stereocenters. The van der Waals surface area contributed by atoms with Gasteiger partial charge in [0.2, 0.25) is 0 Å². The predicted molar refractivity (Wildman–Crippen MR) is 117 cm³/mol. The molecule has 0 amide bonds. The molecule has 0 radical (unpaired) electrons. The maximum Gasteiger partial charge on any atom is 0.153 e. The highest BCUT2D eigenvalue weighted by Crippen LogP contribution is 2.63. The molecule has 0 saturated carbocycles. The van der Waals surface area contributed by atoms with E-state index in [0.717, 1.165) is 44.5 Å². The Labute approximate surface area is 178 Å². The average Bonchev–Trinajstić information content (AvgIpc) is 3.24. The lowest BCUT2D eigenvalue weighted by Gasteiger charge is -2.30. The van der Waals surface area contributed by atoms with Crippen molar-refractivity contribution >= 4 is 12.6 Å². The summed E-state index contributed by atoms with van der Waals surface area (Å²) in [5.41, 5.74) is 7.11. The Morgan fingerprint density at radius 2 is 0.968 bits per heavy atom. The SMILES string of the molecule is O=Cc1cc2c(cc1O)C1(c3ccccc3-2)c2ccccc2-c2cc(C=O)c(O)cc21. The van der Waals surface area contributed by atoms with Gasteiger partial charge in [-0.1, -0.05) is 48.5 Å². The number of aromatic hydroxyl groups is 2. The van der Waals surface area contributed by atoms with Crippen LogP contribution in [-0.2, 0) is 5.41 Å². The van der Waals surface area contributed by atoms with Gasteiger partial charge >= 0.3 is 0 Å². The van der Waals surface area contributed by atoms with E-state index in [1.807, 2.05) is 48.5 Å². The average molecular weight is 404 g/mol. The summed E-state index contributed by atoms with van der Waals surface area (Å²) in [6.45, 7) is 0. The molecular weight excluding hydrogens is 388 g/mol. The van der Waals surface area contributed by atoms with Crippen LogP contribution in [0.1, 0.15) is 43.0 Å². The van der Waals surface area contributed by atoms with E-state index >= 15 is 0 Å². The largest absolute Gasteiger partial charge is 0.507 e. The number of phenols is 2. The van der Waals surface area contributed by atoms with Crippen molar-refractivity contribution in [3.63, 3.8) is 0 Å². The number of phenolic OH excluding ortho intramolecular Hbond substituents is 2. The van der Waals surface area contributed by atoms with Crippen LogP contribution in [0.2, 0.25) is 0 Å². The van der Waals surface area contributed by atoms with Gasteiger partial charge in [-0.2, -0.15) is 0 Å². The zero-order valence-corrected chi connectivity index (χ0v) is 16.3. The van der Waals surface area contributed by atoms with E-state index < -0.39 is 5.41 Å². The molecular formula is C27H16O4. The lowest BCUT2D eigenvalue weighted by Crippen LogP contribution is -2.25. The Kier molecular flexibility index (Phi) is 3.37. The molecule has 0 fully saturated rings. The minimum atomic E-state index is -0.768. The number of hydrogen-bond donors (Lipinski definition) is 2. The Hall–Kier alpha value is -4.18. The number of aldehydes is 2. The summed E-state index contributed by atoms with van der Waals surface area (Å²) in [6.07, 6.45) is 1.31. The fraction of sp³-hybridized carbons (Fsp3) is 0.0370. The Morgan fingerprint density at radius 1 is 0.548 bits per heavy atom. The predicted octanol–water partition coefficient (Wildman–Crippen LogP) is 5.07. The minimum absolute atomic E-state index is 0.0828. The molecule has 4 heteroatoms. The van der Waals surface area contributed by atoms with E-state index in [2.05, 4.69) is 0 Å². The van der Waals surface area contributed by atoms with Gasteiger partial charge in [0.05, 0.1) is 16.5 Å². The maximum atomic E-state index is 11.5. The minimum Gasteiger partial charge on any atom is -0.507 e. The molecule has 0 aromatic heterocycles. The highest BCUT2D eigenvalue weighted by Gasteiger charge is 2.52. The molecule has 31 heavy (non-hydrogen) atoms. The molecule has 0 aliphatic heterocycles. The van der Waals surface area contributed by atoms with E-state index in [4.69, 9.17) is 0 Å². The van der Waals surface area contributed by atoms with Gasteiger partial charge in [-0.05, 0) is 68.8 Å². The van der Waals surface area contributed by atoms with Crippen LogP contribution in [0.15, 0.2) is 72.8 Å². The highest BCUT2D eigenvalue weighted by atomic mass is 16.3. The summed E-state index contributed by atoms with van der Waals surface area (Å²) in [5.74, 6) is -0.166. The first-order chi connectivity index (χ1) is 15.1. The summed E-state index contributed by atoms with van der Waals surface area (Å²) in [6, 6.07) is 22.7. The third-order valence-electron chi connectivity index (χ3n) is 6.64. The lowest BCUT2D eigenvalue weighted by atomic mass is 9.70. The molecule has 2 aliphatic carbocycles. The molecule has 0 saturated heterocycles. The van der Waals surface area contributed by atoms with Crippen molar-refractivity contribution < 1.29 is 19.8 Å². The molecule has 148 valence electrons. The second-order valence-corrected chi connectivity index (χ2v) is 7.99. The first-order valence-corrected chi connectivity index (χ1v) is 9.96. The number of rotatable bonds is 2. The fourth-order valence-corrected chi connectivity index (χ4v) is 5.43. The van der Waals surface area contributed by atoms with Crippen molar-refractivity contribution in [2.75, 3.05) is 0 Å². The molecule has 4 aromatic rings. The molecule has 0 heterocycles. The number of carbonyl (C=O) groups is 2. The topological polar surface area (TPSA) is 74.6 Å². The molecule has 2 aliphatic rings. The van der Waals surface area contributed by atoms with Crippen LogP contribution >= 0.6 is 0 Å². The van der Waals surface area contributed by atoms with Crippen LogP contribution in [-0.4, -0.2) is 22.8 Å². The third-order valence-corrected chi connectivity index (χ3v) is 6.64. The molecule has 4 aromatic carbocycles. The lowest BCUT2D eigenvalue weighted by molar-refractivity contribution is 0.111. The second kappa shape index (κ2) is 5.92. The van der Waals surface area contributed by atoms with Crippen molar-refractivity contribution in [1.82, 2.24) is 0 Å². The van der Waals surface area contributed by atoms with E-state index in [0.29, 0.717) is 12.6 Å². The van der Waals surface area contributed by atoms with Gasteiger partial charge in [0.15, 0.2) is 12.6 Å². The van der Waals surface area contributed by atoms with Crippen LogP contribution in [0.4, 0.5) is 0 Å². The zero-order valence-electron chi connectivity index (χ0n) is 16.3. The number of fused-ring (bicyclic) bond motifs is 10. The van der Waals surface area contributed by atoms with Crippen LogP contribution in [0.5, 0.6) is 11.5 Å². The molecule has 6 rings (SSSR count). The smallest absolute Gasteiger partial charge is 0.153 e. The Bertz CT molecular complexity index is 1340. The highest BCUT2D eigenvalue weighted by molar-refractivity contribution is 5.98. The van der Waals surface area contributed by atoms with Gasteiger partial charge in [-0.3, -0.25) is 9.59 Å². The normalized spacial score (nSPS) is 13.9. The standard InChI is InChI=1S/C27H16O4/c28-13-15-9-19-17-5-1-3-7-21(17)27(23(19)11-25(15)30)22-8-4-2-6-18(22)20-10-16(14-29)26(31)12-24(20)27/h1-14,30-31H. The van der Waals surface area contributed by atoms with Crippen LogP contribution < -0.4 is 0 Å². The summed E-state index contributed by atoms with van der Waals surface area (Å²) in [7, 11) is 0. The van der Waals surface area contributed by atoms with E-state index in [1.165, 1.54) is 0 Å². The number of benzene rings is 4. The van der Waals surface area contributed by atoms with Gasteiger partial charge in [0, 0.05) is 0 Å². The quantitative estimate of drug-likeness (QED) is 0.395. The van der Waals surface area contributed by atoms with E-state index in [-0.39, 0.29) is 22.6 Å². The number of carbonyl (C=O) groups excluding carboxylic acids is 2. The van der Waals surface area contributed by atoms with Crippen molar-refractivity contribution in [1.29, 1.82) is 0 Å². The van der Waals surface area contributed by atoms with Crippen molar-refractivity contribution in [3.8, 4) is 33.8 Å². The third kappa shape index (κ3) is 1.99. The monoisotopic (exact) mass is 404 g/mol. The van der Waals surface area contributed by atoms with Crippen molar-refractivity contribution in [2.24, 2.45) is 0 Å². The van der Waals surface area contributed by atoms with Crippen LogP contribution in [0.3, 0.4) is 0 Å². The van der Waals surface area contributed by atoms with Crippen LogP contribution in [0, 0.1) is 0 Å². The summed E-state index contributed by atoms with van der Waals surface area (Å²) >= 11 is 0. The van der Waals surface area contributed by atoms with Gasteiger partial charge in [0.1, 0.15) is 11.5 Å². The molecule has 0 atom stereocenters. The molecule has 4 nitrogen and oxygen atoms in total. The molecule has 2 N–H and O–H groups in total. The van der Waals surface area contributed by atoms with Gasteiger partial charge < -0.3 is 10.2 Å². The fourth-order valence-electron chi connectivity index (χ4n) is 5.43. The second-order valence-electron chi connectivity index (χ2n) is 7.99. The summed E-state index contributed by atoms with van der Waals surface area (Å²) in [5, 5.41) is 21.2. The first-order valence-electron chi connectivity index (χ1n) is 9.96. The zero-order chi connectivity index (χ0) is 21.3. The summed E-state index contributed by atoms with van der Waals surface area (Å²) in [4.78, 5) is 23.1. The Morgan fingerprint density at radius 3 is 1.39 bits per heavy atom. The maximum absolute atomic E-state index is 11.5. The van der Waals surface area contributed by atoms with Gasteiger partial charge in [-0.15, -0.1) is 0 Å². The number of hydrogen-bond acceptors (Lipinski definition) is 4. The van der Waals surface area contributed by atoms with Crippen LogP contribution in [0.25, 0.3) is 22.3 Å². The van der Waals surface area contributed by atoms with Gasteiger partial charge in [0.25, 0.3) is 0 Å². The Balaban J connectivity index is 1.85. The summed E-state index contributed by atoms with van der Waals surface area (Å²) < 4.78 is 0.